The first-order valence-electron chi connectivity index (χ1n) is 8.02. The summed E-state index contributed by atoms with van der Waals surface area (Å²) in [6.07, 6.45) is 2.29. The van der Waals surface area contributed by atoms with E-state index in [4.69, 9.17) is 5.41 Å². The molecular formula is C19H22BrN3. The Bertz CT molecular complexity index is 676. The van der Waals surface area contributed by atoms with Gasteiger partial charge in [-0.15, -0.1) is 0 Å². The Morgan fingerprint density at radius 2 is 1.83 bits per heavy atom. The van der Waals surface area contributed by atoms with Crippen LogP contribution in [0, 0.1) is 5.41 Å². The van der Waals surface area contributed by atoms with Crippen molar-refractivity contribution in [2.45, 2.75) is 18.9 Å². The normalized spacial score (nSPS) is 16.3. The first kappa shape index (κ1) is 16.2. The molecule has 2 aromatic rings. The molecule has 2 aromatic carbocycles. The fourth-order valence-electron chi connectivity index (χ4n) is 2.98. The standard InChI is InChI=1S/C19H22BrN3/c1-23-11-9-16(10-12-23)22-18-8-7-15(20)13-17(18)19(21)14-5-3-2-4-6-14/h2-8,13,16,21-22H,9-12H2,1H3. The maximum absolute atomic E-state index is 8.59. The summed E-state index contributed by atoms with van der Waals surface area (Å²) >= 11 is 3.54. The zero-order valence-corrected chi connectivity index (χ0v) is 14.9. The first-order chi connectivity index (χ1) is 11.1. The molecule has 0 bridgehead atoms. The average molecular weight is 372 g/mol. The Labute approximate surface area is 146 Å². The van der Waals surface area contributed by atoms with E-state index in [1.165, 1.54) is 0 Å². The molecule has 1 heterocycles. The van der Waals surface area contributed by atoms with E-state index >= 15 is 0 Å². The number of nitrogens with one attached hydrogen (secondary N) is 2. The van der Waals surface area contributed by atoms with E-state index in [0.29, 0.717) is 11.8 Å². The van der Waals surface area contributed by atoms with E-state index in [2.05, 4.69) is 39.3 Å². The number of halogens is 1. The highest BCUT2D eigenvalue weighted by Crippen LogP contribution is 2.26. The number of rotatable bonds is 4. The molecule has 1 fully saturated rings. The van der Waals surface area contributed by atoms with Crippen molar-refractivity contribution in [3.63, 3.8) is 0 Å². The van der Waals surface area contributed by atoms with E-state index in [-0.39, 0.29) is 0 Å². The van der Waals surface area contributed by atoms with Crippen molar-refractivity contribution in [1.29, 1.82) is 5.41 Å². The van der Waals surface area contributed by atoms with Crippen LogP contribution in [0.2, 0.25) is 0 Å². The van der Waals surface area contributed by atoms with Gasteiger partial charge < -0.3 is 10.2 Å². The Kier molecular flexibility index (Phi) is 5.13. The van der Waals surface area contributed by atoms with Gasteiger partial charge in [-0.1, -0.05) is 46.3 Å². The van der Waals surface area contributed by atoms with Gasteiger partial charge in [0.1, 0.15) is 0 Å². The summed E-state index contributed by atoms with van der Waals surface area (Å²) in [5.41, 5.74) is 3.50. The third kappa shape index (κ3) is 4.01. The summed E-state index contributed by atoms with van der Waals surface area (Å²) in [4.78, 5) is 2.37. The third-order valence-corrected chi connectivity index (χ3v) is 4.88. The lowest BCUT2D eigenvalue weighted by Crippen LogP contribution is -2.37. The molecule has 3 nitrogen and oxygen atoms in total. The van der Waals surface area contributed by atoms with Crippen molar-refractivity contribution in [3.05, 3.63) is 64.1 Å². The van der Waals surface area contributed by atoms with Crippen LogP contribution in [0.3, 0.4) is 0 Å². The Hall–Kier alpha value is -1.65. The van der Waals surface area contributed by atoms with Gasteiger partial charge in [0.05, 0.1) is 5.71 Å². The lowest BCUT2D eigenvalue weighted by Gasteiger charge is -2.30. The van der Waals surface area contributed by atoms with Gasteiger partial charge in [0.25, 0.3) is 0 Å². The van der Waals surface area contributed by atoms with Crippen molar-refractivity contribution >= 4 is 27.3 Å². The molecule has 0 aliphatic carbocycles. The minimum Gasteiger partial charge on any atom is -0.382 e. The molecule has 0 unspecified atom stereocenters. The van der Waals surface area contributed by atoms with Gasteiger partial charge in [-0.25, -0.2) is 0 Å². The van der Waals surface area contributed by atoms with Crippen molar-refractivity contribution in [1.82, 2.24) is 4.90 Å². The van der Waals surface area contributed by atoms with Crippen LogP contribution in [0.4, 0.5) is 5.69 Å². The molecule has 3 rings (SSSR count). The molecule has 120 valence electrons. The van der Waals surface area contributed by atoms with Gasteiger partial charge in [0.15, 0.2) is 0 Å². The summed E-state index contributed by atoms with van der Waals surface area (Å²) < 4.78 is 1.00. The number of anilines is 1. The highest BCUT2D eigenvalue weighted by molar-refractivity contribution is 9.10. The lowest BCUT2D eigenvalue weighted by molar-refractivity contribution is 0.264. The van der Waals surface area contributed by atoms with E-state index in [9.17, 15) is 0 Å². The van der Waals surface area contributed by atoms with Crippen LogP contribution in [0.25, 0.3) is 0 Å². The number of benzene rings is 2. The number of nitrogens with zero attached hydrogens (tertiary/aromatic N) is 1. The second kappa shape index (κ2) is 7.28. The van der Waals surface area contributed by atoms with Gasteiger partial charge in [0, 0.05) is 27.3 Å². The minimum atomic E-state index is 0.481. The number of hydrogen-bond acceptors (Lipinski definition) is 3. The van der Waals surface area contributed by atoms with Crippen LogP contribution in [-0.4, -0.2) is 36.8 Å². The molecule has 1 aliphatic heterocycles. The second-order valence-electron chi connectivity index (χ2n) is 6.15. The summed E-state index contributed by atoms with van der Waals surface area (Å²) in [7, 11) is 2.17. The lowest BCUT2D eigenvalue weighted by atomic mass is 9.99. The summed E-state index contributed by atoms with van der Waals surface area (Å²) in [5, 5.41) is 12.2. The molecular weight excluding hydrogens is 350 g/mol. The van der Waals surface area contributed by atoms with Gasteiger partial charge in [-0.3, -0.25) is 5.41 Å². The van der Waals surface area contributed by atoms with E-state index < -0.39 is 0 Å². The van der Waals surface area contributed by atoms with E-state index in [1.807, 2.05) is 42.5 Å². The van der Waals surface area contributed by atoms with Crippen LogP contribution in [-0.2, 0) is 0 Å². The van der Waals surface area contributed by atoms with Gasteiger partial charge >= 0.3 is 0 Å². The molecule has 0 atom stereocenters. The predicted octanol–water partition coefficient (Wildman–Crippen LogP) is 4.37. The van der Waals surface area contributed by atoms with Crippen LogP contribution in [0.5, 0.6) is 0 Å². The molecule has 0 radical (unpaired) electrons. The SMILES string of the molecule is CN1CCC(Nc2ccc(Br)cc2C(=N)c2ccccc2)CC1. The van der Waals surface area contributed by atoms with Gasteiger partial charge in [-0.05, 0) is 51.2 Å². The Morgan fingerprint density at radius 3 is 2.52 bits per heavy atom. The quantitative estimate of drug-likeness (QED) is 0.783. The summed E-state index contributed by atoms with van der Waals surface area (Å²) in [5.74, 6) is 0. The van der Waals surface area contributed by atoms with Gasteiger partial charge in [0.2, 0.25) is 0 Å². The van der Waals surface area contributed by atoms with Crippen LogP contribution in [0.15, 0.2) is 53.0 Å². The van der Waals surface area contributed by atoms with E-state index in [0.717, 1.165) is 47.2 Å². The number of likely N-dealkylation sites (tertiary alicyclic amines) is 1. The second-order valence-corrected chi connectivity index (χ2v) is 7.07. The molecule has 0 amide bonds. The molecule has 23 heavy (non-hydrogen) atoms. The Morgan fingerprint density at radius 1 is 1.13 bits per heavy atom. The highest BCUT2D eigenvalue weighted by Gasteiger charge is 2.18. The van der Waals surface area contributed by atoms with Crippen molar-refractivity contribution in [3.8, 4) is 0 Å². The maximum atomic E-state index is 8.59. The molecule has 0 aromatic heterocycles. The van der Waals surface area contributed by atoms with Crippen LogP contribution >= 0.6 is 15.9 Å². The minimum absolute atomic E-state index is 0.481. The summed E-state index contributed by atoms with van der Waals surface area (Å²) in [6, 6.07) is 16.5. The fraction of sp³-hybridized carbons (Fsp3) is 0.316. The molecule has 1 saturated heterocycles. The molecule has 4 heteroatoms. The van der Waals surface area contributed by atoms with Crippen molar-refractivity contribution < 1.29 is 0 Å². The third-order valence-electron chi connectivity index (χ3n) is 4.39. The van der Waals surface area contributed by atoms with Crippen LogP contribution in [0.1, 0.15) is 24.0 Å². The maximum Gasteiger partial charge on any atom is 0.0705 e. The van der Waals surface area contributed by atoms with Gasteiger partial charge in [-0.2, -0.15) is 0 Å². The zero-order valence-electron chi connectivity index (χ0n) is 13.3. The number of piperidine rings is 1. The largest absolute Gasteiger partial charge is 0.382 e. The monoisotopic (exact) mass is 371 g/mol. The van der Waals surface area contributed by atoms with Crippen molar-refractivity contribution in [2.24, 2.45) is 0 Å². The summed E-state index contributed by atoms with van der Waals surface area (Å²) in [6.45, 7) is 2.25. The molecule has 2 N–H and O–H groups in total. The van der Waals surface area contributed by atoms with E-state index in [1.54, 1.807) is 0 Å². The molecule has 0 spiro atoms. The smallest absolute Gasteiger partial charge is 0.0705 e. The predicted molar refractivity (Wildman–Crippen MR) is 101 cm³/mol. The zero-order chi connectivity index (χ0) is 16.2. The highest BCUT2D eigenvalue weighted by atomic mass is 79.9. The van der Waals surface area contributed by atoms with Crippen molar-refractivity contribution in [2.75, 3.05) is 25.5 Å². The number of hydrogen-bond donors (Lipinski definition) is 2. The first-order valence-corrected chi connectivity index (χ1v) is 8.82. The average Bonchev–Trinajstić information content (AvgIpc) is 2.58. The van der Waals surface area contributed by atoms with Crippen LogP contribution < -0.4 is 5.32 Å². The molecule has 0 saturated carbocycles. The topological polar surface area (TPSA) is 39.1 Å². The fourth-order valence-corrected chi connectivity index (χ4v) is 3.34. The molecule has 1 aliphatic rings. The Balaban J connectivity index is 1.85.